The number of benzene rings is 1. The summed E-state index contributed by atoms with van der Waals surface area (Å²) in [6.07, 6.45) is 0.200. The second kappa shape index (κ2) is 5.34. The Balaban J connectivity index is 2.98. The number of hydrogen-bond donors (Lipinski definition) is 0. The summed E-state index contributed by atoms with van der Waals surface area (Å²) in [4.78, 5) is 12.7. The Hall–Kier alpha value is -1.58. The van der Waals surface area contributed by atoms with Gasteiger partial charge in [-0.1, -0.05) is 19.1 Å². The van der Waals surface area contributed by atoms with Crippen LogP contribution >= 0.6 is 0 Å². The van der Waals surface area contributed by atoms with Crippen LogP contribution in [0.3, 0.4) is 0 Å². The van der Waals surface area contributed by atoms with Crippen molar-refractivity contribution in [2.45, 2.75) is 13.3 Å². The number of methoxy groups -OCH3 is 1. The molecule has 0 N–H and O–H groups in total. The molecular weight excluding hydrogens is 197 g/mol. The first-order valence-electron chi connectivity index (χ1n) is 4.80. The lowest BCUT2D eigenvalue weighted by Crippen LogP contribution is -2.32. The van der Waals surface area contributed by atoms with Crippen LogP contribution in [0.4, 0.5) is 14.9 Å². The molecule has 0 aliphatic heterocycles. The van der Waals surface area contributed by atoms with E-state index in [0.717, 1.165) is 6.42 Å². The van der Waals surface area contributed by atoms with Crippen molar-refractivity contribution in [2.75, 3.05) is 18.6 Å². The molecule has 0 saturated heterocycles. The number of amides is 1. The molecule has 82 valence electrons. The number of hydrogen-bond acceptors (Lipinski definition) is 2. The van der Waals surface area contributed by atoms with E-state index in [1.807, 2.05) is 6.92 Å². The van der Waals surface area contributed by atoms with Gasteiger partial charge in [-0.3, -0.25) is 4.90 Å². The van der Waals surface area contributed by atoms with Crippen LogP contribution in [0.1, 0.15) is 13.3 Å². The van der Waals surface area contributed by atoms with E-state index in [2.05, 4.69) is 4.74 Å². The molecular formula is C11H14FNO2. The van der Waals surface area contributed by atoms with E-state index in [4.69, 9.17) is 0 Å². The second-order valence-corrected chi connectivity index (χ2v) is 3.07. The minimum atomic E-state index is -0.540. The van der Waals surface area contributed by atoms with Gasteiger partial charge in [-0.2, -0.15) is 0 Å². The van der Waals surface area contributed by atoms with Crippen molar-refractivity contribution in [3.8, 4) is 0 Å². The largest absolute Gasteiger partial charge is 0.452 e. The van der Waals surface area contributed by atoms with Gasteiger partial charge in [-0.05, 0) is 18.6 Å². The van der Waals surface area contributed by atoms with Crippen LogP contribution in [0.5, 0.6) is 0 Å². The number of ether oxygens (including phenoxy) is 1. The smallest absolute Gasteiger partial charge is 0.414 e. The van der Waals surface area contributed by atoms with Crippen molar-refractivity contribution in [2.24, 2.45) is 0 Å². The highest BCUT2D eigenvalue weighted by atomic mass is 19.1. The van der Waals surface area contributed by atoms with Crippen LogP contribution < -0.4 is 4.90 Å². The average molecular weight is 211 g/mol. The summed E-state index contributed by atoms with van der Waals surface area (Å²) in [5.41, 5.74) is 0.256. The van der Waals surface area contributed by atoms with Crippen molar-refractivity contribution in [3.05, 3.63) is 30.1 Å². The summed E-state index contributed by atoms with van der Waals surface area (Å²) in [6.45, 7) is 2.35. The molecule has 4 heteroatoms. The number of para-hydroxylation sites is 1. The molecule has 0 bridgehead atoms. The fourth-order valence-corrected chi connectivity index (χ4v) is 1.31. The summed E-state index contributed by atoms with van der Waals surface area (Å²) >= 11 is 0. The van der Waals surface area contributed by atoms with Crippen LogP contribution in [0.25, 0.3) is 0 Å². The van der Waals surface area contributed by atoms with E-state index < -0.39 is 11.9 Å². The van der Waals surface area contributed by atoms with Gasteiger partial charge in [0.25, 0.3) is 0 Å². The minimum absolute atomic E-state index is 0.256. The Labute approximate surface area is 88.5 Å². The Morgan fingerprint density at radius 2 is 2.13 bits per heavy atom. The number of rotatable bonds is 3. The zero-order valence-electron chi connectivity index (χ0n) is 8.87. The molecule has 0 spiro atoms. The van der Waals surface area contributed by atoms with Gasteiger partial charge in [-0.25, -0.2) is 9.18 Å². The number of halogens is 1. The Bertz CT molecular complexity index is 341. The zero-order chi connectivity index (χ0) is 11.3. The lowest BCUT2D eigenvalue weighted by Gasteiger charge is -2.20. The third kappa shape index (κ3) is 2.68. The van der Waals surface area contributed by atoms with Gasteiger partial charge in [0.05, 0.1) is 12.8 Å². The van der Waals surface area contributed by atoms with Crippen LogP contribution in [0.15, 0.2) is 24.3 Å². The molecule has 15 heavy (non-hydrogen) atoms. The standard InChI is InChI=1S/C11H14FNO2/c1-3-8-13(11(14)15-2)10-7-5-4-6-9(10)12/h4-7H,3,8H2,1-2H3. The highest BCUT2D eigenvalue weighted by molar-refractivity contribution is 5.87. The van der Waals surface area contributed by atoms with Gasteiger partial charge < -0.3 is 4.74 Å². The quantitative estimate of drug-likeness (QED) is 0.769. The van der Waals surface area contributed by atoms with Crippen molar-refractivity contribution in [3.63, 3.8) is 0 Å². The molecule has 1 aromatic rings. The van der Waals surface area contributed by atoms with Crippen molar-refractivity contribution >= 4 is 11.8 Å². The van der Waals surface area contributed by atoms with Gasteiger partial charge >= 0.3 is 6.09 Å². The Morgan fingerprint density at radius 3 is 2.67 bits per heavy atom. The summed E-state index contributed by atoms with van der Waals surface area (Å²) in [5.74, 6) is -0.420. The van der Waals surface area contributed by atoms with Gasteiger partial charge in [0, 0.05) is 6.54 Å². The third-order valence-electron chi connectivity index (χ3n) is 1.99. The van der Waals surface area contributed by atoms with Gasteiger partial charge in [-0.15, -0.1) is 0 Å². The lowest BCUT2D eigenvalue weighted by atomic mass is 10.2. The van der Waals surface area contributed by atoms with Gasteiger partial charge in [0.2, 0.25) is 0 Å². The Kier molecular flexibility index (Phi) is 4.09. The number of nitrogens with zero attached hydrogens (tertiary/aromatic N) is 1. The summed E-state index contributed by atoms with van der Waals surface area (Å²) in [7, 11) is 1.28. The van der Waals surface area contributed by atoms with Crippen molar-refractivity contribution < 1.29 is 13.9 Å². The molecule has 0 heterocycles. The van der Waals surface area contributed by atoms with E-state index in [9.17, 15) is 9.18 Å². The van der Waals surface area contributed by atoms with Crippen molar-refractivity contribution in [1.82, 2.24) is 0 Å². The second-order valence-electron chi connectivity index (χ2n) is 3.07. The van der Waals surface area contributed by atoms with Crippen LogP contribution in [-0.2, 0) is 4.74 Å². The molecule has 0 radical (unpaired) electrons. The molecule has 1 rings (SSSR count). The molecule has 0 aliphatic rings. The summed E-state index contributed by atoms with van der Waals surface area (Å²) in [5, 5.41) is 0. The van der Waals surface area contributed by atoms with E-state index >= 15 is 0 Å². The first kappa shape index (κ1) is 11.5. The fraction of sp³-hybridized carbons (Fsp3) is 0.364. The SMILES string of the molecule is CCCN(C(=O)OC)c1ccccc1F. The first-order valence-corrected chi connectivity index (χ1v) is 4.80. The highest BCUT2D eigenvalue weighted by Gasteiger charge is 2.17. The number of carbonyl (C=O) groups is 1. The summed E-state index contributed by atoms with van der Waals surface area (Å²) < 4.78 is 18.0. The highest BCUT2D eigenvalue weighted by Crippen LogP contribution is 2.19. The summed E-state index contributed by atoms with van der Waals surface area (Å²) in [6, 6.07) is 6.15. The monoisotopic (exact) mass is 211 g/mol. The molecule has 0 aliphatic carbocycles. The first-order chi connectivity index (χ1) is 7.20. The number of anilines is 1. The van der Waals surface area contributed by atoms with Crippen LogP contribution in [0, 0.1) is 5.82 Å². The molecule has 1 aromatic carbocycles. The van der Waals surface area contributed by atoms with E-state index in [-0.39, 0.29) is 5.69 Å². The average Bonchev–Trinajstić information content (AvgIpc) is 2.26. The van der Waals surface area contributed by atoms with Crippen molar-refractivity contribution in [1.29, 1.82) is 0 Å². The van der Waals surface area contributed by atoms with Gasteiger partial charge in [0.15, 0.2) is 0 Å². The van der Waals surface area contributed by atoms with E-state index in [1.54, 1.807) is 18.2 Å². The molecule has 0 atom stereocenters. The van der Waals surface area contributed by atoms with E-state index in [1.165, 1.54) is 18.1 Å². The molecule has 0 fully saturated rings. The molecule has 0 saturated carbocycles. The third-order valence-corrected chi connectivity index (χ3v) is 1.99. The normalized spacial score (nSPS) is 9.80. The predicted octanol–water partition coefficient (Wildman–Crippen LogP) is 2.81. The zero-order valence-corrected chi connectivity index (χ0v) is 8.87. The van der Waals surface area contributed by atoms with Gasteiger partial charge in [0.1, 0.15) is 5.82 Å². The predicted molar refractivity (Wildman–Crippen MR) is 56.4 cm³/mol. The van der Waals surface area contributed by atoms with Crippen LogP contribution in [-0.4, -0.2) is 19.7 Å². The molecule has 0 unspecified atom stereocenters. The van der Waals surface area contributed by atoms with E-state index in [0.29, 0.717) is 6.54 Å². The maximum atomic E-state index is 13.4. The molecule has 3 nitrogen and oxygen atoms in total. The lowest BCUT2D eigenvalue weighted by molar-refractivity contribution is 0.178. The fourth-order valence-electron chi connectivity index (χ4n) is 1.31. The minimum Gasteiger partial charge on any atom is -0.452 e. The van der Waals surface area contributed by atoms with Crippen LogP contribution in [0.2, 0.25) is 0 Å². The number of carbonyl (C=O) groups excluding carboxylic acids is 1. The Morgan fingerprint density at radius 1 is 1.47 bits per heavy atom. The maximum absolute atomic E-state index is 13.4. The topological polar surface area (TPSA) is 29.5 Å². The molecule has 0 aromatic heterocycles. The maximum Gasteiger partial charge on any atom is 0.414 e. The molecule has 1 amide bonds.